The zero-order valence-corrected chi connectivity index (χ0v) is 18.9. The lowest BCUT2D eigenvalue weighted by Gasteiger charge is -2.42. The van der Waals surface area contributed by atoms with Gasteiger partial charge >= 0.3 is 5.97 Å². The van der Waals surface area contributed by atoms with Crippen LogP contribution in [0.15, 0.2) is 48.7 Å². The second-order valence-corrected chi connectivity index (χ2v) is 10.2. The molecule has 1 aromatic carbocycles. The molecule has 2 N–H and O–H groups in total. The van der Waals surface area contributed by atoms with E-state index in [9.17, 15) is 14.3 Å². The van der Waals surface area contributed by atoms with Crippen molar-refractivity contribution in [1.29, 1.82) is 0 Å². The van der Waals surface area contributed by atoms with Gasteiger partial charge in [0.2, 0.25) is 5.88 Å². The van der Waals surface area contributed by atoms with Crippen molar-refractivity contribution in [2.24, 2.45) is 10.8 Å². The summed E-state index contributed by atoms with van der Waals surface area (Å²) in [5.41, 5.74) is 0.696. The number of halogens is 1. The molecule has 2 aromatic rings. The van der Waals surface area contributed by atoms with Gasteiger partial charge < -0.3 is 20.1 Å². The quantitative estimate of drug-likeness (QED) is 0.572. The minimum Gasteiger partial charge on any atom is -0.481 e. The molecule has 2 aliphatic carbocycles. The summed E-state index contributed by atoms with van der Waals surface area (Å²) in [7, 11) is 0. The lowest BCUT2D eigenvalue weighted by Crippen LogP contribution is -2.50. The summed E-state index contributed by atoms with van der Waals surface area (Å²) < 4.78 is 20.0. The fourth-order valence-corrected chi connectivity index (χ4v) is 5.11. The highest BCUT2D eigenvalue weighted by molar-refractivity contribution is 5.78. The highest BCUT2D eigenvalue weighted by atomic mass is 19.1. The summed E-state index contributed by atoms with van der Waals surface area (Å²) >= 11 is 0. The third kappa shape index (κ3) is 5.04. The number of carbonyl (C=O) groups is 1. The molecule has 0 radical (unpaired) electrons. The minimum atomic E-state index is -0.671. The Morgan fingerprint density at radius 3 is 2.58 bits per heavy atom. The molecule has 1 saturated heterocycles. The van der Waals surface area contributed by atoms with Crippen LogP contribution in [0.1, 0.15) is 43.6 Å². The van der Waals surface area contributed by atoms with Crippen LogP contribution in [0.5, 0.6) is 5.88 Å². The van der Waals surface area contributed by atoms with E-state index in [4.69, 9.17) is 4.74 Å². The molecular weight excluding hydrogens is 421 g/mol. The number of hydrogen-bond acceptors (Lipinski definition) is 5. The third-order valence-electron chi connectivity index (χ3n) is 7.75. The van der Waals surface area contributed by atoms with Gasteiger partial charge in [0.15, 0.2) is 5.82 Å². The Kier molecular flexibility index (Phi) is 6.10. The number of hydrogen-bond donors (Lipinski definition) is 2. The number of ether oxygens (including phenoxy) is 1. The van der Waals surface area contributed by atoms with E-state index in [1.54, 1.807) is 12.3 Å². The van der Waals surface area contributed by atoms with E-state index in [0.29, 0.717) is 25.1 Å². The number of pyridine rings is 1. The van der Waals surface area contributed by atoms with Crippen molar-refractivity contribution in [2.75, 3.05) is 32.8 Å². The monoisotopic (exact) mass is 453 g/mol. The van der Waals surface area contributed by atoms with E-state index < -0.39 is 17.2 Å². The zero-order valence-electron chi connectivity index (χ0n) is 18.9. The highest BCUT2D eigenvalue weighted by Crippen LogP contribution is 2.47. The molecule has 3 fully saturated rings. The first-order chi connectivity index (χ1) is 16.0. The SMILES string of the molecule is O=C(O)C1(CN2CCC(CN[C@@H]3CC3c3ccccc3)(COc3ncccc3F)CC2)CC1. The number of rotatable bonds is 10. The molecule has 6 nitrogen and oxygen atoms in total. The second kappa shape index (κ2) is 9.03. The van der Waals surface area contributed by atoms with Gasteiger partial charge in [-0.1, -0.05) is 30.3 Å². The standard InChI is InChI=1S/C26H32FN3O3/c27-21-7-4-12-28-23(21)33-18-25(16-29-22-15-20(22)19-5-2-1-3-6-19)10-13-30(14-11-25)17-26(8-9-26)24(31)32/h1-7,12,20,22,29H,8-11,13-18H2,(H,31,32)/t20?,22-/m1/s1. The van der Waals surface area contributed by atoms with Crippen molar-refractivity contribution >= 4 is 5.97 Å². The maximum Gasteiger partial charge on any atom is 0.310 e. The fraction of sp³-hybridized carbons (Fsp3) is 0.538. The largest absolute Gasteiger partial charge is 0.481 e. The van der Waals surface area contributed by atoms with Gasteiger partial charge in [-0.2, -0.15) is 0 Å². The lowest BCUT2D eigenvalue weighted by molar-refractivity contribution is -0.144. The summed E-state index contributed by atoms with van der Waals surface area (Å²) in [6.07, 6.45) is 5.98. The van der Waals surface area contributed by atoms with Crippen molar-refractivity contribution in [3.63, 3.8) is 0 Å². The van der Waals surface area contributed by atoms with E-state index in [2.05, 4.69) is 39.5 Å². The van der Waals surface area contributed by atoms with Crippen LogP contribution < -0.4 is 10.1 Å². The normalized spacial score (nSPS) is 25.4. The van der Waals surface area contributed by atoms with Crippen molar-refractivity contribution in [2.45, 2.75) is 44.1 Å². The first-order valence-electron chi connectivity index (χ1n) is 12.0. The van der Waals surface area contributed by atoms with Crippen LogP contribution in [0, 0.1) is 16.6 Å². The fourth-order valence-electron chi connectivity index (χ4n) is 5.11. The van der Waals surface area contributed by atoms with Crippen LogP contribution in [-0.2, 0) is 4.79 Å². The maximum atomic E-state index is 14.1. The summed E-state index contributed by atoms with van der Waals surface area (Å²) in [4.78, 5) is 17.9. The number of likely N-dealkylation sites (tertiary alicyclic amines) is 1. The number of piperidine rings is 1. The molecule has 1 aromatic heterocycles. The Hall–Kier alpha value is -2.51. The molecule has 0 spiro atoms. The van der Waals surface area contributed by atoms with Gasteiger partial charge in [0.25, 0.3) is 0 Å². The van der Waals surface area contributed by atoms with Crippen LogP contribution in [0.2, 0.25) is 0 Å². The van der Waals surface area contributed by atoms with Gasteiger partial charge in [0, 0.05) is 36.7 Å². The number of nitrogens with zero attached hydrogens (tertiary/aromatic N) is 2. The topological polar surface area (TPSA) is 74.7 Å². The minimum absolute atomic E-state index is 0.0516. The zero-order chi connectivity index (χ0) is 22.9. The van der Waals surface area contributed by atoms with E-state index in [1.807, 2.05) is 6.07 Å². The molecule has 2 atom stereocenters. The van der Waals surface area contributed by atoms with Gasteiger partial charge in [0.1, 0.15) is 0 Å². The average molecular weight is 454 g/mol. The Balaban J connectivity index is 1.21. The second-order valence-electron chi connectivity index (χ2n) is 10.2. The number of aliphatic carboxylic acids is 1. The predicted octanol–water partition coefficient (Wildman–Crippen LogP) is 3.69. The molecule has 33 heavy (non-hydrogen) atoms. The van der Waals surface area contributed by atoms with Gasteiger partial charge in [-0.15, -0.1) is 0 Å². The number of aromatic nitrogens is 1. The number of nitrogens with one attached hydrogen (secondary N) is 1. The third-order valence-corrected chi connectivity index (χ3v) is 7.75. The lowest BCUT2D eigenvalue weighted by atomic mass is 9.78. The van der Waals surface area contributed by atoms with Gasteiger partial charge in [-0.3, -0.25) is 4.79 Å². The van der Waals surface area contributed by atoms with Crippen LogP contribution in [0.3, 0.4) is 0 Å². The van der Waals surface area contributed by atoms with Crippen molar-refractivity contribution < 1.29 is 19.0 Å². The van der Waals surface area contributed by atoms with E-state index in [-0.39, 0.29) is 11.3 Å². The van der Waals surface area contributed by atoms with E-state index in [0.717, 1.165) is 51.7 Å². The summed E-state index contributed by atoms with van der Waals surface area (Å²) in [5.74, 6) is -0.518. The average Bonchev–Trinajstić information content (AvgIpc) is 3.75. The first-order valence-corrected chi connectivity index (χ1v) is 12.0. The number of carboxylic acids is 1. The van der Waals surface area contributed by atoms with E-state index >= 15 is 0 Å². The van der Waals surface area contributed by atoms with Crippen molar-refractivity contribution in [3.05, 3.63) is 60.0 Å². The summed E-state index contributed by atoms with van der Waals surface area (Å²) in [6.45, 7) is 3.48. The Morgan fingerprint density at radius 1 is 1.15 bits per heavy atom. The van der Waals surface area contributed by atoms with Gasteiger partial charge in [0.05, 0.1) is 12.0 Å². The van der Waals surface area contributed by atoms with Crippen LogP contribution in [0.25, 0.3) is 0 Å². The molecular formula is C26H32FN3O3. The first kappa shape index (κ1) is 22.3. The maximum absolute atomic E-state index is 14.1. The smallest absolute Gasteiger partial charge is 0.310 e. The highest BCUT2D eigenvalue weighted by Gasteiger charge is 2.52. The Morgan fingerprint density at radius 2 is 1.91 bits per heavy atom. The molecule has 0 amide bonds. The molecule has 3 aliphatic rings. The molecule has 7 heteroatoms. The number of benzene rings is 1. The molecule has 2 heterocycles. The molecule has 2 saturated carbocycles. The summed E-state index contributed by atoms with van der Waals surface area (Å²) in [5, 5.41) is 13.3. The summed E-state index contributed by atoms with van der Waals surface area (Å²) in [6, 6.07) is 14.0. The van der Waals surface area contributed by atoms with Gasteiger partial charge in [-0.05, 0) is 62.9 Å². The van der Waals surface area contributed by atoms with E-state index in [1.165, 1.54) is 11.6 Å². The van der Waals surface area contributed by atoms with Crippen molar-refractivity contribution in [3.8, 4) is 5.88 Å². The van der Waals surface area contributed by atoms with Crippen LogP contribution >= 0.6 is 0 Å². The molecule has 5 rings (SSSR count). The van der Waals surface area contributed by atoms with Gasteiger partial charge in [-0.25, -0.2) is 9.37 Å². The van der Waals surface area contributed by atoms with Crippen LogP contribution in [-0.4, -0.2) is 59.8 Å². The molecule has 0 bridgehead atoms. The molecule has 1 aliphatic heterocycles. The van der Waals surface area contributed by atoms with Crippen molar-refractivity contribution in [1.82, 2.24) is 15.2 Å². The Bertz CT molecular complexity index is 974. The molecule has 1 unspecified atom stereocenters. The number of carboxylic acid groups (broad SMARTS) is 1. The van der Waals surface area contributed by atoms with Crippen LogP contribution in [0.4, 0.5) is 4.39 Å². The molecule has 176 valence electrons. The Labute approximate surface area is 194 Å². The predicted molar refractivity (Wildman–Crippen MR) is 123 cm³/mol.